The minimum absolute atomic E-state index is 0.0889. The highest BCUT2D eigenvalue weighted by molar-refractivity contribution is 5.86. The van der Waals surface area contributed by atoms with Gasteiger partial charge in [-0.25, -0.2) is 4.98 Å². The topological polar surface area (TPSA) is 124 Å². The molecule has 0 saturated carbocycles. The number of nitrogens with two attached hydrogens (primary N) is 1. The fraction of sp³-hybridized carbons (Fsp3) is 0.560. The molecular formula is C25H35N7O3. The number of rotatable bonds is 11. The minimum Gasteiger partial charge on any atom is -0.496 e. The quantitative estimate of drug-likeness (QED) is 0.379. The van der Waals surface area contributed by atoms with E-state index in [-0.39, 0.29) is 18.6 Å². The van der Waals surface area contributed by atoms with Gasteiger partial charge in [0, 0.05) is 44.0 Å². The molecule has 0 spiro atoms. The first-order chi connectivity index (χ1) is 17.1. The Morgan fingerprint density at radius 1 is 1.29 bits per heavy atom. The standard InChI is InChI=1S/C25H35N7O3/c1-3-4-18(7-9-33)28-24-23-19(29-25(26)30-24)12-27-32(23)14-17-6-5-16(11-21(17)34-2)13-31-15-22-20(31)8-10-35-22/h5-6,11-12,18,20,22,33H,3-4,7-10,13-15H2,1-2H3,(H3,26,28,29,30)/t18-,20-,22-/m0/s1. The van der Waals surface area contributed by atoms with E-state index in [1.54, 1.807) is 13.3 Å². The van der Waals surface area contributed by atoms with Crippen molar-refractivity contribution in [2.75, 3.05) is 37.9 Å². The van der Waals surface area contributed by atoms with E-state index in [4.69, 9.17) is 15.2 Å². The first-order valence-corrected chi connectivity index (χ1v) is 12.5. The van der Waals surface area contributed by atoms with Crippen LogP contribution in [0.3, 0.4) is 0 Å². The summed E-state index contributed by atoms with van der Waals surface area (Å²) in [4.78, 5) is 11.3. The number of aliphatic hydroxyl groups is 1. The molecular weight excluding hydrogens is 446 g/mol. The van der Waals surface area contributed by atoms with Gasteiger partial charge in [-0.1, -0.05) is 25.5 Å². The second-order valence-corrected chi connectivity index (χ2v) is 9.45. The molecule has 0 aliphatic carbocycles. The highest BCUT2D eigenvalue weighted by atomic mass is 16.5. The Bertz CT molecular complexity index is 1160. The van der Waals surface area contributed by atoms with Crippen LogP contribution in [0.25, 0.3) is 11.0 Å². The highest BCUT2D eigenvalue weighted by Gasteiger charge is 2.43. The van der Waals surface area contributed by atoms with E-state index in [0.717, 1.165) is 55.8 Å². The van der Waals surface area contributed by atoms with Gasteiger partial charge < -0.3 is 25.6 Å². The molecule has 2 aliphatic heterocycles. The Morgan fingerprint density at radius 3 is 2.94 bits per heavy atom. The van der Waals surface area contributed by atoms with E-state index in [0.29, 0.717) is 36.4 Å². The number of anilines is 2. The summed E-state index contributed by atoms with van der Waals surface area (Å²) in [5.41, 5.74) is 9.70. The van der Waals surface area contributed by atoms with Crippen LogP contribution in [-0.4, -0.2) is 74.8 Å². The van der Waals surface area contributed by atoms with Crippen LogP contribution >= 0.6 is 0 Å². The van der Waals surface area contributed by atoms with Crippen molar-refractivity contribution in [3.8, 4) is 5.75 Å². The predicted molar refractivity (Wildman–Crippen MR) is 134 cm³/mol. The number of methoxy groups -OCH3 is 1. The zero-order valence-corrected chi connectivity index (χ0v) is 20.5. The second-order valence-electron chi connectivity index (χ2n) is 9.45. The van der Waals surface area contributed by atoms with Crippen LogP contribution in [0.15, 0.2) is 24.4 Å². The molecule has 3 atom stereocenters. The Kier molecular flexibility index (Phi) is 7.03. The number of aliphatic hydroxyl groups excluding tert-OH is 1. The number of nitrogen functional groups attached to an aromatic ring is 1. The summed E-state index contributed by atoms with van der Waals surface area (Å²) >= 11 is 0. The highest BCUT2D eigenvalue weighted by Crippen LogP contribution is 2.32. The summed E-state index contributed by atoms with van der Waals surface area (Å²) in [6.07, 6.45) is 5.79. The van der Waals surface area contributed by atoms with E-state index in [1.165, 1.54) is 5.56 Å². The number of ether oxygens (including phenoxy) is 2. The average molecular weight is 482 g/mol. The molecule has 35 heavy (non-hydrogen) atoms. The van der Waals surface area contributed by atoms with Crippen molar-refractivity contribution in [3.63, 3.8) is 0 Å². The lowest BCUT2D eigenvalue weighted by Crippen LogP contribution is -2.56. The van der Waals surface area contributed by atoms with Crippen LogP contribution in [0, 0.1) is 0 Å². The van der Waals surface area contributed by atoms with Crippen LogP contribution in [0.2, 0.25) is 0 Å². The number of nitrogens with zero attached hydrogens (tertiary/aromatic N) is 5. The third kappa shape index (κ3) is 4.91. The predicted octanol–water partition coefficient (Wildman–Crippen LogP) is 2.40. The largest absolute Gasteiger partial charge is 0.496 e. The fourth-order valence-electron chi connectivity index (χ4n) is 5.28. The van der Waals surface area contributed by atoms with E-state index in [9.17, 15) is 5.11 Å². The van der Waals surface area contributed by atoms with Gasteiger partial charge in [0.1, 0.15) is 16.8 Å². The molecule has 4 N–H and O–H groups in total. The zero-order chi connectivity index (χ0) is 24.4. The molecule has 2 aliphatic rings. The number of benzene rings is 1. The molecule has 10 heteroatoms. The fourth-order valence-corrected chi connectivity index (χ4v) is 5.28. The third-order valence-corrected chi connectivity index (χ3v) is 7.08. The van der Waals surface area contributed by atoms with Crippen molar-refractivity contribution in [1.82, 2.24) is 24.6 Å². The molecule has 10 nitrogen and oxygen atoms in total. The molecule has 0 amide bonds. The van der Waals surface area contributed by atoms with E-state index < -0.39 is 0 Å². The van der Waals surface area contributed by atoms with E-state index in [1.807, 2.05) is 4.68 Å². The lowest BCUT2D eigenvalue weighted by molar-refractivity contribution is -0.0442. The maximum absolute atomic E-state index is 9.48. The molecule has 0 radical (unpaired) electrons. The van der Waals surface area contributed by atoms with Crippen molar-refractivity contribution in [2.45, 2.75) is 63.9 Å². The Morgan fingerprint density at radius 2 is 2.17 bits per heavy atom. The van der Waals surface area contributed by atoms with Crippen molar-refractivity contribution in [2.24, 2.45) is 0 Å². The molecule has 1 aromatic carbocycles. The number of likely N-dealkylation sites (tertiary alicyclic amines) is 1. The Hall–Kier alpha value is -2.95. The number of aromatic nitrogens is 4. The molecule has 0 unspecified atom stereocenters. The summed E-state index contributed by atoms with van der Waals surface area (Å²) in [5.74, 6) is 1.67. The monoisotopic (exact) mass is 481 g/mol. The SMILES string of the molecule is CCC[C@@H](CCO)Nc1nc(N)nc2cnn(Cc3ccc(CN4C[C@@H]5OCC[C@@H]54)cc3OC)c12. The molecule has 5 rings (SSSR count). The van der Waals surface area contributed by atoms with Crippen molar-refractivity contribution in [3.05, 3.63) is 35.5 Å². The van der Waals surface area contributed by atoms with Crippen molar-refractivity contribution >= 4 is 22.8 Å². The van der Waals surface area contributed by atoms with Gasteiger partial charge >= 0.3 is 0 Å². The molecule has 2 fully saturated rings. The molecule has 188 valence electrons. The first kappa shape index (κ1) is 23.8. The van der Waals surface area contributed by atoms with Gasteiger partial charge in [0.2, 0.25) is 5.95 Å². The number of nitrogens with one attached hydrogen (secondary N) is 1. The normalized spacial score (nSPS) is 20.5. The first-order valence-electron chi connectivity index (χ1n) is 12.5. The maximum atomic E-state index is 9.48. The van der Waals surface area contributed by atoms with Crippen LogP contribution in [0.4, 0.5) is 11.8 Å². The van der Waals surface area contributed by atoms with Gasteiger partial charge in [-0.15, -0.1) is 0 Å². The van der Waals surface area contributed by atoms with Gasteiger partial charge in [0.05, 0.1) is 26.0 Å². The Balaban J connectivity index is 1.38. The average Bonchev–Trinajstić information content (AvgIpc) is 3.41. The van der Waals surface area contributed by atoms with Gasteiger partial charge in [0.25, 0.3) is 0 Å². The van der Waals surface area contributed by atoms with E-state index in [2.05, 4.69) is 50.4 Å². The Labute approximate surface area is 205 Å². The minimum atomic E-state index is 0.0889. The van der Waals surface area contributed by atoms with Crippen LogP contribution in [-0.2, 0) is 17.8 Å². The smallest absolute Gasteiger partial charge is 0.222 e. The molecule has 3 aromatic rings. The lowest BCUT2D eigenvalue weighted by Gasteiger charge is -2.43. The van der Waals surface area contributed by atoms with Gasteiger partial charge in [-0.2, -0.15) is 10.1 Å². The van der Waals surface area contributed by atoms with Crippen LogP contribution in [0.1, 0.15) is 43.7 Å². The summed E-state index contributed by atoms with van der Waals surface area (Å²) in [7, 11) is 1.70. The zero-order valence-electron chi connectivity index (χ0n) is 20.5. The number of hydrogen-bond donors (Lipinski definition) is 3. The third-order valence-electron chi connectivity index (χ3n) is 7.08. The summed E-state index contributed by atoms with van der Waals surface area (Å²) in [5, 5.41) is 17.5. The maximum Gasteiger partial charge on any atom is 0.222 e. The van der Waals surface area contributed by atoms with E-state index >= 15 is 0 Å². The van der Waals surface area contributed by atoms with Crippen molar-refractivity contribution in [1.29, 1.82) is 0 Å². The number of fused-ring (bicyclic) bond motifs is 2. The van der Waals surface area contributed by atoms with Crippen molar-refractivity contribution < 1.29 is 14.6 Å². The lowest BCUT2D eigenvalue weighted by atomic mass is 9.97. The molecule has 2 aromatic heterocycles. The van der Waals surface area contributed by atoms with Crippen LogP contribution < -0.4 is 15.8 Å². The van der Waals surface area contributed by atoms with Gasteiger partial charge in [-0.05, 0) is 30.9 Å². The molecule has 0 bridgehead atoms. The molecule has 2 saturated heterocycles. The molecule has 4 heterocycles. The van der Waals surface area contributed by atoms with Gasteiger partial charge in [0.15, 0.2) is 5.82 Å². The van der Waals surface area contributed by atoms with Crippen LogP contribution in [0.5, 0.6) is 5.75 Å². The summed E-state index contributed by atoms with van der Waals surface area (Å²) < 4.78 is 13.4. The second kappa shape index (κ2) is 10.3. The number of hydrogen-bond acceptors (Lipinski definition) is 9. The summed E-state index contributed by atoms with van der Waals surface area (Å²) in [6.45, 7) is 5.51. The summed E-state index contributed by atoms with van der Waals surface area (Å²) in [6, 6.07) is 7.04. The van der Waals surface area contributed by atoms with Gasteiger partial charge in [-0.3, -0.25) is 9.58 Å².